The third kappa shape index (κ3) is 3.32. The number of hydrogen-bond donors (Lipinski definition) is 4. The Balaban J connectivity index is 1.65. The van der Waals surface area contributed by atoms with Gasteiger partial charge in [-0.2, -0.15) is 5.10 Å². The number of rotatable bonds is 4. The summed E-state index contributed by atoms with van der Waals surface area (Å²) in [5, 5.41) is 19.9. The second-order valence-corrected chi connectivity index (χ2v) is 5.09. The van der Waals surface area contributed by atoms with Crippen LogP contribution >= 0.6 is 0 Å². The molecule has 0 aliphatic carbocycles. The molecular formula is C17H16N4O2. The number of aromatic nitrogens is 2. The standard InChI is InChI=1S/C17H16N4O2/c18-17-13-9-11(5-7-14(13)20-21-17)6-8-16(23)19-10-12-3-1-2-4-15(12)22/h1-9,22H,10H2,(H,19,23)(H3,18,20,21)/b8-6+. The lowest BCUT2D eigenvalue weighted by molar-refractivity contribution is -0.116. The molecule has 0 radical (unpaired) electrons. The lowest BCUT2D eigenvalue weighted by atomic mass is 10.1. The van der Waals surface area contributed by atoms with Crippen molar-refractivity contribution in [3.05, 3.63) is 59.7 Å². The number of aromatic hydroxyl groups is 1. The summed E-state index contributed by atoms with van der Waals surface area (Å²) in [5.74, 6) is 0.352. The highest BCUT2D eigenvalue weighted by molar-refractivity contribution is 5.94. The van der Waals surface area contributed by atoms with Gasteiger partial charge in [0.15, 0.2) is 5.82 Å². The summed E-state index contributed by atoms with van der Waals surface area (Å²) < 4.78 is 0. The molecule has 0 spiro atoms. The number of carbonyl (C=O) groups excluding carboxylic acids is 1. The first kappa shape index (κ1) is 14.6. The molecule has 2 aromatic carbocycles. The molecule has 1 aromatic heterocycles. The van der Waals surface area contributed by atoms with Gasteiger partial charge >= 0.3 is 0 Å². The Morgan fingerprint density at radius 1 is 1.30 bits per heavy atom. The second-order valence-electron chi connectivity index (χ2n) is 5.09. The molecule has 116 valence electrons. The molecule has 0 bridgehead atoms. The van der Waals surface area contributed by atoms with Crippen LogP contribution in [0.15, 0.2) is 48.5 Å². The molecular weight excluding hydrogens is 292 g/mol. The lowest BCUT2D eigenvalue weighted by Gasteiger charge is -2.04. The zero-order valence-electron chi connectivity index (χ0n) is 12.3. The van der Waals surface area contributed by atoms with E-state index in [-0.39, 0.29) is 18.2 Å². The minimum atomic E-state index is -0.242. The number of para-hydroxylation sites is 1. The fraction of sp³-hybridized carbons (Fsp3) is 0.0588. The van der Waals surface area contributed by atoms with Crippen molar-refractivity contribution in [3.8, 4) is 5.75 Å². The first-order valence-corrected chi connectivity index (χ1v) is 7.10. The summed E-state index contributed by atoms with van der Waals surface area (Å²) in [6, 6.07) is 12.5. The van der Waals surface area contributed by atoms with Crippen molar-refractivity contribution >= 4 is 28.7 Å². The molecule has 3 aromatic rings. The molecule has 5 N–H and O–H groups in total. The number of anilines is 1. The summed E-state index contributed by atoms with van der Waals surface area (Å²) >= 11 is 0. The van der Waals surface area contributed by atoms with Gasteiger partial charge in [-0.15, -0.1) is 0 Å². The average Bonchev–Trinajstić information content (AvgIpc) is 2.93. The molecule has 23 heavy (non-hydrogen) atoms. The highest BCUT2D eigenvalue weighted by Crippen LogP contribution is 2.19. The van der Waals surface area contributed by atoms with Crippen LogP contribution in [0.5, 0.6) is 5.75 Å². The van der Waals surface area contributed by atoms with Crippen molar-refractivity contribution in [3.63, 3.8) is 0 Å². The first-order valence-electron chi connectivity index (χ1n) is 7.10. The number of nitrogens with two attached hydrogens (primary N) is 1. The van der Waals surface area contributed by atoms with E-state index in [9.17, 15) is 9.90 Å². The molecule has 1 heterocycles. The minimum absolute atomic E-state index is 0.165. The van der Waals surface area contributed by atoms with Gasteiger partial charge in [0, 0.05) is 23.6 Å². The second kappa shape index (κ2) is 6.23. The van der Waals surface area contributed by atoms with Gasteiger partial charge in [0.1, 0.15) is 5.75 Å². The Labute approximate surface area is 132 Å². The predicted molar refractivity (Wildman–Crippen MR) is 89.5 cm³/mol. The van der Waals surface area contributed by atoms with E-state index in [1.807, 2.05) is 24.3 Å². The molecule has 0 saturated carbocycles. The number of amides is 1. The topological polar surface area (TPSA) is 104 Å². The van der Waals surface area contributed by atoms with Gasteiger partial charge < -0.3 is 16.2 Å². The van der Waals surface area contributed by atoms with E-state index in [0.29, 0.717) is 11.4 Å². The van der Waals surface area contributed by atoms with E-state index >= 15 is 0 Å². The van der Waals surface area contributed by atoms with E-state index in [2.05, 4.69) is 15.5 Å². The normalized spacial score (nSPS) is 11.1. The van der Waals surface area contributed by atoms with Gasteiger partial charge in [-0.3, -0.25) is 9.89 Å². The van der Waals surface area contributed by atoms with Crippen molar-refractivity contribution in [1.82, 2.24) is 15.5 Å². The SMILES string of the molecule is Nc1n[nH]c2ccc(/C=C/C(=O)NCc3ccccc3O)cc12. The number of nitrogens with zero attached hydrogens (tertiary/aromatic N) is 1. The van der Waals surface area contributed by atoms with Gasteiger partial charge in [-0.25, -0.2) is 0 Å². The number of phenolic OH excluding ortho intramolecular Hbond substituents is 1. The molecule has 0 fully saturated rings. The van der Waals surface area contributed by atoms with Crippen molar-refractivity contribution in [1.29, 1.82) is 0 Å². The fourth-order valence-electron chi connectivity index (χ4n) is 2.23. The van der Waals surface area contributed by atoms with Crippen LogP contribution in [0, 0.1) is 0 Å². The van der Waals surface area contributed by atoms with Crippen LogP contribution in [0.1, 0.15) is 11.1 Å². The quantitative estimate of drug-likeness (QED) is 0.554. The van der Waals surface area contributed by atoms with Crippen LogP contribution in [0.3, 0.4) is 0 Å². The van der Waals surface area contributed by atoms with Gasteiger partial charge in [0.2, 0.25) is 5.91 Å². The number of phenols is 1. The Kier molecular flexibility index (Phi) is 3.97. The summed E-state index contributed by atoms with van der Waals surface area (Å²) in [6.45, 7) is 0.267. The number of carbonyl (C=O) groups is 1. The zero-order chi connectivity index (χ0) is 16.2. The predicted octanol–water partition coefficient (Wildman–Crippen LogP) is 2.18. The van der Waals surface area contributed by atoms with E-state index in [1.165, 1.54) is 6.08 Å². The minimum Gasteiger partial charge on any atom is -0.508 e. The highest BCUT2D eigenvalue weighted by Gasteiger charge is 2.03. The number of fused-ring (bicyclic) bond motifs is 1. The maximum atomic E-state index is 11.9. The summed E-state index contributed by atoms with van der Waals surface area (Å²) in [7, 11) is 0. The molecule has 1 amide bonds. The number of aromatic amines is 1. The molecule has 0 aliphatic heterocycles. The maximum Gasteiger partial charge on any atom is 0.244 e. The van der Waals surface area contributed by atoms with Crippen LogP contribution in [0.25, 0.3) is 17.0 Å². The van der Waals surface area contributed by atoms with Crippen LogP contribution in [0.2, 0.25) is 0 Å². The molecule has 0 aliphatic rings. The number of nitrogens with one attached hydrogen (secondary N) is 2. The van der Waals surface area contributed by atoms with Gasteiger partial charge in [-0.1, -0.05) is 24.3 Å². The molecule has 6 nitrogen and oxygen atoms in total. The third-order valence-corrected chi connectivity index (χ3v) is 3.49. The monoisotopic (exact) mass is 308 g/mol. The number of nitrogen functional groups attached to an aromatic ring is 1. The van der Waals surface area contributed by atoms with Crippen LogP contribution in [-0.4, -0.2) is 21.2 Å². The summed E-state index contributed by atoms with van der Waals surface area (Å²) in [4.78, 5) is 11.9. The Bertz CT molecular complexity index is 883. The van der Waals surface area contributed by atoms with Gasteiger partial charge in [0.25, 0.3) is 0 Å². The Morgan fingerprint density at radius 2 is 2.13 bits per heavy atom. The van der Waals surface area contributed by atoms with E-state index in [1.54, 1.807) is 24.3 Å². The third-order valence-electron chi connectivity index (χ3n) is 3.49. The Hall–Kier alpha value is -3.28. The van der Waals surface area contributed by atoms with E-state index in [0.717, 1.165) is 16.5 Å². The van der Waals surface area contributed by atoms with Crippen LogP contribution in [0.4, 0.5) is 5.82 Å². The van der Waals surface area contributed by atoms with Crippen LogP contribution in [-0.2, 0) is 11.3 Å². The van der Waals surface area contributed by atoms with Gasteiger partial charge in [0.05, 0.1) is 5.52 Å². The van der Waals surface area contributed by atoms with Crippen LogP contribution < -0.4 is 11.1 Å². The van der Waals surface area contributed by atoms with E-state index < -0.39 is 0 Å². The molecule has 0 saturated heterocycles. The fourth-order valence-corrected chi connectivity index (χ4v) is 2.23. The molecule has 0 unspecified atom stereocenters. The van der Waals surface area contributed by atoms with E-state index in [4.69, 9.17) is 5.73 Å². The van der Waals surface area contributed by atoms with Crippen molar-refractivity contribution in [2.24, 2.45) is 0 Å². The molecule has 6 heteroatoms. The van der Waals surface area contributed by atoms with Crippen molar-refractivity contribution < 1.29 is 9.90 Å². The highest BCUT2D eigenvalue weighted by atomic mass is 16.3. The average molecular weight is 308 g/mol. The van der Waals surface area contributed by atoms with Crippen molar-refractivity contribution in [2.45, 2.75) is 6.54 Å². The Morgan fingerprint density at radius 3 is 2.96 bits per heavy atom. The number of benzene rings is 2. The molecule has 3 rings (SSSR count). The smallest absolute Gasteiger partial charge is 0.244 e. The summed E-state index contributed by atoms with van der Waals surface area (Å²) in [5.41, 5.74) is 8.13. The lowest BCUT2D eigenvalue weighted by Crippen LogP contribution is -2.20. The van der Waals surface area contributed by atoms with Gasteiger partial charge in [-0.05, 0) is 29.8 Å². The maximum absolute atomic E-state index is 11.9. The number of H-pyrrole nitrogens is 1. The zero-order valence-corrected chi connectivity index (χ0v) is 12.3. The largest absolute Gasteiger partial charge is 0.508 e. The number of hydrogen-bond acceptors (Lipinski definition) is 4. The first-order chi connectivity index (χ1) is 11.1. The molecule has 0 atom stereocenters. The summed E-state index contributed by atoms with van der Waals surface area (Å²) in [6.07, 6.45) is 3.14. The van der Waals surface area contributed by atoms with Crippen molar-refractivity contribution in [2.75, 3.05) is 5.73 Å².